The molecule has 35 heavy (non-hydrogen) atoms. The van der Waals surface area contributed by atoms with Crippen molar-refractivity contribution in [1.82, 2.24) is 16.0 Å². The van der Waals surface area contributed by atoms with Gasteiger partial charge in [-0.2, -0.15) is 0 Å². The molecule has 0 fully saturated rings. The van der Waals surface area contributed by atoms with Gasteiger partial charge in [-0.05, 0) is 38.1 Å². The second kappa shape index (κ2) is 16.4. The van der Waals surface area contributed by atoms with E-state index in [1.54, 1.807) is 13.8 Å². The molecule has 0 unspecified atom stereocenters. The maximum Gasteiger partial charge on any atom is 0.326 e. The lowest BCUT2D eigenvalue weighted by molar-refractivity contribution is -0.142. The highest BCUT2D eigenvalue weighted by atomic mass is 16.4. The van der Waals surface area contributed by atoms with Crippen molar-refractivity contribution in [1.29, 1.82) is 0 Å². The van der Waals surface area contributed by atoms with Crippen LogP contribution in [0.25, 0.3) is 0 Å². The van der Waals surface area contributed by atoms with E-state index < -0.39 is 72.1 Å². The number of unbranched alkanes of at least 4 members (excludes halogenated alkanes) is 1. The van der Waals surface area contributed by atoms with Crippen LogP contribution in [-0.2, 0) is 28.8 Å². The number of hydrogen-bond acceptors (Lipinski definition) is 8. The minimum atomic E-state index is -1.40. The molecule has 0 spiro atoms. The molecule has 0 aliphatic carbocycles. The Morgan fingerprint density at radius 1 is 0.857 bits per heavy atom. The number of hydrogen-bond donors (Lipinski definition) is 8. The van der Waals surface area contributed by atoms with Crippen LogP contribution in [0.4, 0.5) is 0 Å². The first-order valence-electron chi connectivity index (χ1n) is 11.4. The van der Waals surface area contributed by atoms with Gasteiger partial charge in [0.05, 0.1) is 12.5 Å². The van der Waals surface area contributed by atoms with Crippen LogP contribution in [0.5, 0.6) is 0 Å². The summed E-state index contributed by atoms with van der Waals surface area (Å²) in [5.74, 6) is -6.21. The van der Waals surface area contributed by atoms with Gasteiger partial charge in [-0.15, -0.1) is 0 Å². The van der Waals surface area contributed by atoms with Crippen LogP contribution >= 0.6 is 0 Å². The van der Waals surface area contributed by atoms with Crippen molar-refractivity contribution in [3.8, 4) is 0 Å². The van der Waals surface area contributed by atoms with E-state index in [1.807, 2.05) is 0 Å². The summed E-state index contributed by atoms with van der Waals surface area (Å²) in [6, 6.07) is -5.12. The molecule has 0 saturated heterocycles. The molecule has 5 atom stereocenters. The molecular formula is C21H38N6O8. The highest BCUT2D eigenvalue weighted by molar-refractivity contribution is 5.95. The standard InChI is InChI=1S/C21H38N6O8/c1-3-11(2)17(27-18(31)12(23)10-16(29)30)20(33)25-13(7-8-15(24)28)19(32)26-14(21(34)35)6-4-5-9-22/h11-14,17H,3-10,22-23H2,1-2H3,(H2,24,28)(H,25,33)(H,26,32)(H,27,31)(H,29,30)(H,34,35)/t11-,12-,13-,14-,17-/m0/s1. The summed E-state index contributed by atoms with van der Waals surface area (Å²) in [7, 11) is 0. The van der Waals surface area contributed by atoms with Crippen molar-refractivity contribution >= 4 is 35.6 Å². The lowest BCUT2D eigenvalue weighted by Gasteiger charge is -2.27. The molecule has 0 saturated carbocycles. The van der Waals surface area contributed by atoms with E-state index in [0.29, 0.717) is 25.8 Å². The highest BCUT2D eigenvalue weighted by Crippen LogP contribution is 2.11. The van der Waals surface area contributed by atoms with E-state index in [-0.39, 0.29) is 19.3 Å². The number of carbonyl (C=O) groups is 6. The van der Waals surface area contributed by atoms with Gasteiger partial charge in [0.1, 0.15) is 18.1 Å². The van der Waals surface area contributed by atoms with Crippen molar-refractivity contribution in [2.45, 2.75) is 83.0 Å². The van der Waals surface area contributed by atoms with Crippen LogP contribution < -0.4 is 33.2 Å². The van der Waals surface area contributed by atoms with Crippen molar-refractivity contribution in [3.63, 3.8) is 0 Å². The third-order valence-electron chi connectivity index (χ3n) is 5.40. The Morgan fingerprint density at radius 2 is 1.46 bits per heavy atom. The number of nitrogens with one attached hydrogen (secondary N) is 3. The zero-order chi connectivity index (χ0) is 27.1. The molecule has 14 heteroatoms. The SMILES string of the molecule is CC[C@H](C)[C@H](NC(=O)[C@@H](N)CC(=O)O)C(=O)N[C@@H](CCC(N)=O)C(=O)N[C@@H](CCCCN)C(=O)O. The summed E-state index contributed by atoms with van der Waals surface area (Å²) in [6.45, 7) is 3.77. The van der Waals surface area contributed by atoms with E-state index in [0.717, 1.165) is 0 Å². The zero-order valence-electron chi connectivity index (χ0n) is 20.1. The molecule has 200 valence electrons. The number of rotatable bonds is 18. The molecule has 0 heterocycles. The van der Waals surface area contributed by atoms with Crippen molar-refractivity contribution < 1.29 is 39.0 Å². The van der Waals surface area contributed by atoms with Crippen molar-refractivity contribution in [3.05, 3.63) is 0 Å². The minimum Gasteiger partial charge on any atom is -0.481 e. The first-order valence-corrected chi connectivity index (χ1v) is 11.4. The van der Waals surface area contributed by atoms with Gasteiger partial charge in [0.25, 0.3) is 0 Å². The quantitative estimate of drug-likeness (QED) is 0.0935. The van der Waals surface area contributed by atoms with Crippen LogP contribution in [0, 0.1) is 5.92 Å². The third kappa shape index (κ3) is 12.7. The number of primary amides is 1. The van der Waals surface area contributed by atoms with Crippen LogP contribution in [0.1, 0.15) is 58.8 Å². The molecule has 0 aliphatic rings. The average molecular weight is 503 g/mol. The normalized spacial score (nSPS) is 15.1. The van der Waals surface area contributed by atoms with Crippen LogP contribution in [0.15, 0.2) is 0 Å². The third-order valence-corrected chi connectivity index (χ3v) is 5.40. The topological polar surface area (TPSA) is 257 Å². The fourth-order valence-corrected chi connectivity index (χ4v) is 3.08. The molecule has 0 aromatic carbocycles. The monoisotopic (exact) mass is 502 g/mol. The maximum atomic E-state index is 13.0. The van der Waals surface area contributed by atoms with E-state index in [4.69, 9.17) is 22.3 Å². The number of aliphatic carboxylic acids is 2. The predicted molar refractivity (Wildman–Crippen MR) is 124 cm³/mol. The van der Waals surface area contributed by atoms with Gasteiger partial charge in [0, 0.05) is 6.42 Å². The first kappa shape index (κ1) is 31.7. The van der Waals surface area contributed by atoms with Gasteiger partial charge in [-0.25, -0.2) is 4.79 Å². The summed E-state index contributed by atoms with van der Waals surface area (Å²) in [4.78, 5) is 71.7. The van der Waals surface area contributed by atoms with E-state index >= 15 is 0 Å². The van der Waals surface area contributed by atoms with Crippen molar-refractivity contribution in [2.24, 2.45) is 23.1 Å². The minimum absolute atomic E-state index is 0.113. The molecule has 0 aromatic rings. The Balaban J connectivity index is 5.59. The molecule has 0 rings (SSSR count). The average Bonchev–Trinajstić information content (AvgIpc) is 2.77. The Morgan fingerprint density at radius 3 is 1.94 bits per heavy atom. The van der Waals surface area contributed by atoms with Crippen LogP contribution in [-0.4, -0.2) is 76.5 Å². The van der Waals surface area contributed by atoms with Gasteiger partial charge in [0.15, 0.2) is 0 Å². The smallest absolute Gasteiger partial charge is 0.326 e. The Labute approximate surface area is 203 Å². The number of carbonyl (C=O) groups excluding carboxylic acids is 4. The molecule has 0 bridgehead atoms. The van der Waals surface area contributed by atoms with Crippen molar-refractivity contribution in [2.75, 3.05) is 6.54 Å². The summed E-state index contributed by atoms with van der Waals surface area (Å²) in [5, 5.41) is 25.4. The first-order chi connectivity index (χ1) is 16.3. The highest BCUT2D eigenvalue weighted by Gasteiger charge is 2.32. The van der Waals surface area contributed by atoms with Gasteiger partial charge < -0.3 is 43.4 Å². The molecule has 11 N–H and O–H groups in total. The van der Waals surface area contributed by atoms with Gasteiger partial charge >= 0.3 is 11.9 Å². The summed E-state index contributed by atoms with van der Waals surface area (Å²) in [5.41, 5.74) is 16.1. The second-order valence-electron chi connectivity index (χ2n) is 8.33. The number of carboxylic acids is 2. The maximum absolute atomic E-state index is 13.0. The molecule has 14 nitrogen and oxygen atoms in total. The number of carboxylic acid groups (broad SMARTS) is 2. The van der Waals surface area contributed by atoms with Crippen LogP contribution in [0.2, 0.25) is 0 Å². The largest absolute Gasteiger partial charge is 0.481 e. The van der Waals surface area contributed by atoms with Gasteiger partial charge in [0.2, 0.25) is 23.6 Å². The van der Waals surface area contributed by atoms with Gasteiger partial charge in [-0.3, -0.25) is 24.0 Å². The fourth-order valence-electron chi connectivity index (χ4n) is 3.08. The van der Waals surface area contributed by atoms with E-state index in [9.17, 15) is 33.9 Å². The predicted octanol–water partition coefficient (Wildman–Crippen LogP) is -2.23. The summed E-state index contributed by atoms with van der Waals surface area (Å²) in [6.07, 6.45) is 0.432. The Hall–Kier alpha value is -3.26. The summed E-state index contributed by atoms with van der Waals surface area (Å²) >= 11 is 0. The number of amides is 4. The molecule has 0 radical (unpaired) electrons. The molecule has 4 amide bonds. The van der Waals surface area contributed by atoms with E-state index in [1.165, 1.54) is 0 Å². The zero-order valence-corrected chi connectivity index (χ0v) is 20.1. The lowest BCUT2D eigenvalue weighted by atomic mass is 9.97. The Bertz CT molecular complexity index is 762. The molecular weight excluding hydrogens is 464 g/mol. The summed E-state index contributed by atoms with van der Waals surface area (Å²) < 4.78 is 0. The lowest BCUT2D eigenvalue weighted by Crippen LogP contribution is -2.58. The van der Waals surface area contributed by atoms with Crippen LogP contribution in [0.3, 0.4) is 0 Å². The molecule has 0 aromatic heterocycles. The fraction of sp³-hybridized carbons (Fsp3) is 0.714. The molecule has 0 aliphatic heterocycles. The van der Waals surface area contributed by atoms with E-state index in [2.05, 4.69) is 16.0 Å². The van der Waals surface area contributed by atoms with Gasteiger partial charge in [-0.1, -0.05) is 20.3 Å². The second-order valence-corrected chi connectivity index (χ2v) is 8.33. The number of nitrogens with two attached hydrogens (primary N) is 3. The Kier molecular flexibility index (Phi) is 14.9.